The summed E-state index contributed by atoms with van der Waals surface area (Å²) in [5.41, 5.74) is -2.15. The van der Waals surface area contributed by atoms with Crippen LogP contribution in [0.2, 0.25) is 5.02 Å². The normalized spacial score (nSPS) is 11.9. The van der Waals surface area contributed by atoms with Crippen LogP contribution in [0.5, 0.6) is 0 Å². The molecule has 0 aliphatic rings. The van der Waals surface area contributed by atoms with E-state index in [1.54, 1.807) is 20.8 Å². The van der Waals surface area contributed by atoms with Gasteiger partial charge in [0.2, 0.25) is 5.43 Å². The number of halogens is 3. The monoisotopic (exact) mass is 315 g/mol. The zero-order valence-electron chi connectivity index (χ0n) is 11.5. The molecule has 1 aromatic heterocycles. The molecule has 0 fully saturated rings. The number of benzene rings is 1. The van der Waals surface area contributed by atoms with Crippen LogP contribution in [0.3, 0.4) is 0 Å². The van der Waals surface area contributed by atoms with E-state index in [9.17, 15) is 18.4 Å². The minimum absolute atomic E-state index is 0.0296. The molecule has 1 heterocycles. The average Bonchev–Trinajstić information content (AvgIpc) is 2.35. The second kappa shape index (κ2) is 4.80. The first-order chi connectivity index (χ1) is 9.55. The maximum Gasteiger partial charge on any atom is 0.341 e. The van der Waals surface area contributed by atoms with Gasteiger partial charge in [-0.05, 0) is 26.8 Å². The van der Waals surface area contributed by atoms with Gasteiger partial charge in [0.25, 0.3) is 0 Å². The van der Waals surface area contributed by atoms with E-state index in [2.05, 4.69) is 0 Å². The predicted molar refractivity (Wildman–Crippen MR) is 75.1 cm³/mol. The van der Waals surface area contributed by atoms with Crippen LogP contribution >= 0.6 is 11.6 Å². The van der Waals surface area contributed by atoms with E-state index in [0.717, 1.165) is 6.20 Å². The van der Waals surface area contributed by atoms with Gasteiger partial charge in [-0.15, -0.1) is 0 Å². The molecule has 112 valence electrons. The number of aromatic nitrogens is 1. The van der Waals surface area contributed by atoms with E-state index in [1.165, 1.54) is 4.57 Å². The molecule has 0 spiro atoms. The summed E-state index contributed by atoms with van der Waals surface area (Å²) in [6.07, 6.45) is 1.09. The van der Waals surface area contributed by atoms with Gasteiger partial charge in [0.15, 0.2) is 11.6 Å². The zero-order chi connectivity index (χ0) is 16.1. The first-order valence-electron chi connectivity index (χ1n) is 6.02. The van der Waals surface area contributed by atoms with Gasteiger partial charge in [-0.25, -0.2) is 13.6 Å². The Morgan fingerprint density at radius 3 is 2.38 bits per heavy atom. The van der Waals surface area contributed by atoms with Crippen molar-refractivity contribution in [2.75, 3.05) is 0 Å². The van der Waals surface area contributed by atoms with Crippen molar-refractivity contribution in [1.29, 1.82) is 0 Å². The van der Waals surface area contributed by atoms with Crippen molar-refractivity contribution in [2.24, 2.45) is 0 Å². The Bertz CT molecular complexity index is 822. The molecule has 7 heteroatoms. The summed E-state index contributed by atoms with van der Waals surface area (Å²) in [5.74, 6) is -4.02. The fraction of sp³-hybridized carbons (Fsp3) is 0.286. The number of rotatable bonds is 1. The Morgan fingerprint density at radius 2 is 1.90 bits per heavy atom. The average molecular weight is 316 g/mol. The molecule has 0 atom stereocenters. The number of hydrogen-bond donors (Lipinski definition) is 1. The van der Waals surface area contributed by atoms with Crippen LogP contribution in [-0.2, 0) is 5.54 Å². The number of aromatic carboxylic acids is 1. The van der Waals surface area contributed by atoms with Crippen LogP contribution in [0.4, 0.5) is 8.78 Å². The van der Waals surface area contributed by atoms with E-state index >= 15 is 0 Å². The van der Waals surface area contributed by atoms with E-state index in [-0.39, 0.29) is 10.9 Å². The molecule has 1 aromatic carbocycles. The number of carboxylic acids is 1. The first-order valence-corrected chi connectivity index (χ1v) is 6.40. The maximum absolute atomic E-state index is 13.7. The molecule has 0 unspecified atom stereocenters. The van der Waals surface area contributed by atoms with Gasteiger partial charge in [-0.3, -0.25) is 4.79 Å². The Morgan fingerprint density at radius 1 is 1.33 bits per heavy atom. The highest BCUT2D eigenvalue weighted by atomic mass is 35.5. The maximum atomic E-state index is 13.7. The van der Waals surface area contributed by atoms with Crippen LogP contribution in [-0.4, -0.2) is 15.6 Å². The first kappa shape index (κ1) is 15.4. The van der Waals surface area contributed by atoms with Crippen LogP contribution < -0.4 is 5.43 Å². The largest absolute Gasteiger partial charge is 0.477 e. The third kappa shape index (κ3) is 2.40. The number of nitrogens with zero attached hydrogens (tertiary/aromatic N) is 1. The van der Waals surface area contributed by atoms with E-state index in [4.69, 9.17) is 16.7 Å². The highest BCUT2D eigenvalue weighted by molar-refractivity contribution is 6.35. The highest BCUT2D eigenvalue weighted by Crippen LogP contribution is 2.30. The van der Waals surface area contributed by atoms with Gasteiger partial charge in [0.05, 0.1) is 10.9 Å². The lowest BCUT2D eigenvalue weighted by Crippen LogP contribution is -2.28. The molecule has 2 rings (SSSR count). The summed E-state index contributed by atoms with van der Waals surface area (Å²) in [4.78, 5) is 23.3. The summed E-state index contributed by atoms with van der Waals surface area (Å²) in [7, 11) is 0. The summed E-state index contributed by atoms with van der Waals surface area (Å²) in [6, 6.07) is 0.674. The molecule has 0 amide bonds. The Balaban J connectivity index is 3.15. The topological polar surface area (TPSA) is 59.3 Å². The standard InChI is InChI=1S/C14H12ClF2NO3/c1-14(2,3)18-5-7(13(20)21)12(19)6-4-8(16)10(17)9(15)11(6)18/h4-5H,1-3H3,(H,20,21). The predicted octanol–water partition coefficient (Wildman–Crippen LogP) is 3.39. The summed E-state index contributed by atoms with van der Waals surface area (Å²) in [5, 5.41) is 8.28. The van der Waals surface area contributed by atoms with Crippen molar-refractivity contribution in [2.45, 2.75) is 26.3 Å². The summed E-state index contributed by atoms with van der Waals surface area (Å²) in [6.45, 7) is 5.17. The molecule has 0 saturated carbocycles. The third-order valence-electron chi connectivity index (χ3n) is 3.08. The second-order valence-corrected chi connectivity index (χ2v) is 5.98. The van der Waals surface area contributed by atoms with Gasteiger partial charge in [0.1, 0.15) is 10.6 Å². The van der Waals surface area contributed by atoms with Crippen LogP contribution in [0.1, 0.15) is 31.1 Å². The lowest BCUT2D eigenvalue weighted by molar-refractivity contribution is 0.0694. The molecular formula is C14H12ClF2NO3. The Kier molecular flexibility index (Phi) is 3.53. The smallest absolute Gasteiger partial charge is 0.341 e. The van der Waals surface area contributed by atoms with Gasteiger partial charge in [0, 0.05) is 11.7 Å². The number of carbonyl (C=O) groups is 1. The molecule has 0 aliphatic heterocycles. The molecule has 0 saturated heterocycles. The SMILES string of the molecule is CC(C)(C)n1cc(C(=O)O)c(=O)c2cc(F)c(F)c(Cl)c21. The van der Waals surface area contributed by atoms with Crippen molar-refractivity contribution in [3.05, 3.63) is 44.7 Å². The molecule has 4 nitrogen and oxygen atoms in total. The molecule has 0 aliphatic carbocycles. The number of carboxylic acid groups (broad SMARTS) is 1. The van der Waals surface area contributed by atoms with Crippen LogP contribution in [0.25, 0.3) is 10.9 Å². The quantitative estimate of drug-likeness (QED) is 0.821. The Hall–Kier alpha value is -1.95. The van der Waals surface area contributed by atoms with Gasteiger partial charge >= 0.3 is 5.97 Å². The zero-order valence-corrected chi connectivity index (χ0v) is 12.3. The fourth-order valence-corrected chi connectivity index (χ4v) is 2.36. The minimum atomic E-state index is -1.44. The molecule has 21 heavy (non-hydrogen) atoms. The number of hydrogen-bond acceptors (Lipinski definition) is 2. The number of fused-ring (bicyclic) bond motifs is 1. The fourth-order valence-electron chi connectivity index (χ4n) is 2.07. The van der Waals surface area contributed by atoms with E-state index in [0.29, 0.717) is 6.07 Å². The van der Waals surface area contributed by atoms with Gasteiger partial charge < -0.3 is 9.67 Å². The molecule has 0 bridgehead atoms. The third-order valence-corrected chi connectivity index (χ3v) is 3.42. The van der Waals surface area contributed by atoms with Crippen LogP contribution in [0, 0.1) is 11.6 Å². The van der Waals surface area contributed by atoms with Gasteiger partial charge in [-0.2, -0.15) is 0 Å². The lowest BCUT2D eigenvalue weighted by atomic mass is 10.0. The molecule has 1 N–H and O–H groups in total. The molecular weight excluding hydrogens is 304 g/mol. The van der Waals surface area contributed by atoms with Crippen LogP contribution in [0.15, 0.2) is 17.1 Å². The second-order valence-electron chi connectivity index (χ2n) is 5.60. The molecule has 2 aromatic rings. The number of pyridine rings is 1. The minimum Gasteiger partial charge on any atom is -0.477 e. The summed E-state index contributed by atoms with van der Waals surface area (Å²) >= 11 is 5.82. The van der Waals surface area contributed by atoms with Crippen molar-refractivity contribution in [3.63, 3.8) is 0 Å². The van der Waals surface area contributed by atoms with Gasteiger partial charge in [-0.1, -0.05) is 11.6 Å². The highest BCUT2D eigenvalue weighted by Gasteiger charge is 2.25. The Labute approximate surface area is 123 Å². The van der Waals surface area contributed by atoms with E-state index < -0.39 is 39.2 Å². The van der Waals surface area contributed by atoms with Crippen molar-refractivity contribution < 1.29 is 18.7 Å². The van der Waals surface area contributed by atoms with Crippen molar-refractivity contribution in [3.8, 4) is 0 Å². The van der Waals surface area contributed by atoms with Crippen molar-refractivity contribution in [1.82, 2.24) is 4.57 Å². The lowest BCUT2D eigenvalue weighted by Gasteiger charge is -2.26. The summed E-state index contributed by atoms with van der Waals surface area (Å²) < 4.78 is 28.5. The van der Waals surface area contributed by atoms with E-state index in [1.807, 2.05) is 0 Å². The molecule has 0 radical (unpaired) electrons. The van der Waals surface area contributed by atoms with Crippen molar-refractivity contribution >= 4 is 28.5 Å².